The summed E-state index contributed by atoms with van der Waals surface area (Å²) in [6.45, 7) is 0.679. The third-order valence-corrected chi connectivity index (χ3v) is 14.0. The second-order valence-electron chi connectivity index (χ2n) is 20.5. The summed E-state index contributed by atoms with van der Waals surface area (Å²) in [5.41, 5.74) is 15.3. The third kappa shape index (κ3) is 14.7. The fourth-order valence-corrected chi connectivity index (χ4v) is 9.10. The van der Waals surface area contributed by atoms with E-state index in [0.29, 0.717) is 78.0 Å². The summed E-state index contributed by atoms with van der Waals surface area (Å²) in [5.74, 6) is -5.59. The maximum Gasteiger partial charge on any atom is 0.212 e. The highest BCUT2D eigenvalue weighted by Crippen LogP contribution is 2.32. The fourth-order valence-electron chi connectivity index (χ4n) is 9.10. The first-order valence-electron chi connectivity index (χ1n) is 40.4. The molecule has 0 bridgehead atoms. The van der Waals surface area contributed by atoms with Crippen LogP contribution < -0.4 is 18.3 Å². The molecule has 3 atom stereocenters. The lowest BCUT2D eigenvalue weighted by Crippen LogP contribution is -2.31. The minimum absolute atomic E-state index is 0.0966. The SMILES string of the molecule is [2H]C([2H])([2H])c1c[n+](C)c(-c2cc(C([2H])(C)C([2H])([2H])[2H])c(C([2H])([2H])[2H])cc2C)cc1C.[2H]C([2H])([2H])c1c[n+](C)c(-c2cc(C)c(C([2H])(C)C([2H])([2H])[2H])cc2C)cc1C.[2H]C([2H])([2H])c1cc(C)c(-c2cc(C([2H])(C)C([2H])([2H])[2H])cc[n+]2C)cc1C.[2H]C([2H])([2H])c1cc(C)c(-c2cc(C)c(C([2H])([2H])[2H])c[n+]2C)cc1C. The summed E-state index contributed by atoms with van der Waals surface area (Å²) in [4.78, 5) is 0. The van der Waals surface area contributed by atoms with Gasteiger partial charge in [-0.05, 0) is 241 Å². The van der Waals surface area contributed by atoms with Crippen LogP contribution in [0.25, 0.3) is 45.0 Å². The highest BCUT2D eigenvalue weighted by molar-refractivity contribution is 5.67. The molecule has 4 heteroatoms. The van der Waals surface area contributed by atoms with Gasteiger partial charge in [-0.25, -0.2) is 18.3 Å². The van der Waals surface area contributed by atoms with Crippen LogP contribution in [0.1, 0.15) is 206 Å². The van der Waals surface area contributed by atoms with E-state index in [9.17, 15) is 0 Å². The number of rotatable bonds is 7. The van der Waals surface area contributed by atoms with Crippen LogP contribution in [0.4, 0.5) is 0 Å². The molecule has 4 heterocycles. The maximum atomic E-state index is 8.49. The Bertz CT molecular complexity index is 4560. The summed E-state index contributed by atoms with van der Waals surface area (Å²) in [6.07, 6.45) is 6.48. The van der Waals surface area contributed by atoms with Crippen LogP contribution in [-0.2, 0) is 28.2 Å². The Labute approximate surface area is 510 Å². The second kappa shape index (κ2) is 25.8. The van der Waals surface area contributed by atoms with Gasteiger partial charge in [0.2, 0.25) is 22.8 Å². The Kier molecular flexibility index (Phi) is 10.4. The summed E-state index contributed by atoms with van der Waals surface area (Å²) in [7, 11) is 7.10. The van der Waals surface area contributed by atoms with Crippen molar-refractivity contribution >= 4 is 0 Å². The Hall–Kier alpha value is -6.52. The van der Waals surface area contributed by atoms with Crippen molar-refractivity contribution in [1.82, 2.24) is 0 Å². The molecule has 0 fully saturated rings. The molecule has 8 aromatic rings. The van der Waals surface area contributed by atoms with Crippen molar-refractivity contribution in [3.8, 4) is 45.0 Å². The highest BCUT2D eigenvalue weighted by Gasteiger charge is 2.20. The zero-order valence-corrected chi connectivity index (χ0v) is 48.1. The summed E-state index contributed by atoms with van der Waals surface area (Å²) < 4.78 is 240. The highest BCUT2D eigenvalue weighted by atomic mass is 14.9. The average Bonchev–Trinajstić information content (AvgIpc) is 0.770. The van der Waals surface area contributed by atoms with Crippen LogP contribution in [0.15, 0.2) is 104 Å². The number of benzene rings is 4. The predicted octanol–water partition coefficient (Wildman–Crippen LogP) is 17.0. The van der Waals surface area contributed by atoms with Gasteiger partial charge in [0.15, 0.2) is 24.8 Å². The molecule has 3 unspecified atom stereocenters. The lowest BCUT2D eigenvalue weighted by molar-refractivity contribution is -0.660. The van der Waals surface area contributed by atoms with Crippen LogP contribution >= 0.6 is 0 Å². The molecule has 77 heavy (non-hydrogen) atoms. The molecule has 4 nitrogen and oxygen atoms in total. The molecule has 4 aromatic carbocycles. The number of hydrogen-bond donors (Lipinski definition) is 0. The smallest absolute Gasteiger partial charge is 0.201 e. The van der Waals surface area contributed by atoms with Crippen molar-refractivity contribution in [2.45, 2.75) is 169 Å². The second-order valence-corrected chi connectivity index (χ2v) is 20.5. The monoisotopic (exact) mass is 1060 g/mol. The first-order valence-corrected chi connectivity index (χ1v) is 25.4. The van der Waals surface area contributed by atoms with Gasteiger partial charge in [0, 0.05) is 110 Å². The van der Waals surface area contributed by atoms with Crippen LogP contribution in [-0.4, -0.2) is 0 Å². The van der Waals surface area contributed by atoms with Crippen molar-refractivity contribution in [1.29, 1.82) is 0 Å². The van der Waals surface area contributed by atoms with E-state index in [1.54, 1.807) is 138 Å². The van der Waals surface area contributed by atoms with E-state index in [0.717, 1.165) is 56.0 Å². The number of aryl methyl sites for hydroxylation is 20. The molecule has 0 spiro atoms. The number of nitrogens with zero attached hydrogens (tertiary/aromatic N) is 4. The Morgan fingerprint density at radius 1 is 0.312 bits per heavy atom. The molecular weight excluding hydrogens is 933 g/mol. The molecule has 4 aromatic heterocycles. The van der Waals surface area contributed by atoms with Gasteiger partial charge in [-0.2, -0.15) is 0 Å². The van der Waals surface area contributed by atoms with E-state index in [1.807, 2.05) is 62.7 Å². The Morgan fingerprint density at radius 3 is 1.03 bits per heavy atom. The average molecular weight is 1060 g/mol. The molecule has 0 aliphatic heterocycles. The van der Waals surface area contributed by atoms with Crippen molar-refractivity contribution in [2.75, 3.05) is 0 Å². The van der Waals surface area contributed by atoms with Crippen LogP contribution in [0, 0.1) is 110 Å². The molecule has 0 N–H and O–H groups in total. The molecule has 0 amide bonds. The molecular formula is C73H98N4+4. The van der Waals surface area contributed by atoms with E-state index in [1.165, 1.54) is 39.1 Å². The van der Waals surface area contributed by atoms with Crippen molar-refractivity contribution < 1.29 is 59.4 Å². The molecule has 0 aliphatic carbocycles. The van der Waals surface area contributed by atoms with Gasteiger partial charge in [0.1, 0.15) is 28.2 Å². The largest absolute Gasteiger partial charge is 0.212 e. The van der Waals surface area contributed by atoms with E-state index >= 15 is 0 Å². The summed E-state index contributed by atoms with van der Waals surface area (Å²) in [6, 6.07) is 22.2. The van der Waals surface area contributed by atoms with Gasteiger partial charge in [-0.1, -0.05) is 65.6 Å². The number of pyridine rings is 4. The minimum Gasteiger partial charge on any atom is -0.201 e. The van der Waals surface area contributed by atoms with Gasteiger partial charge in [0.05, 0.1) is 0 Å². The first-order chi connectivity index (χ1) is 47.8. The predicted molar refractivity (Wildman–Crippen MR) is 330 cm³/mol. The first kappa shape index (κ1) is 31.2. The molecule has 0 radical (unpaired) electrons. The molecule has 8 rings (SSSR count). The van der Waals surface area contributed by atoms with Crippen LogP contribution in [0.2, 0.25) is 0 Å². The van der Waals surface area contributed by atoms with E-state index < -0.39 is 79.3 Å². The normalized spacial score (nSPS) is 20.6. The molecule has 0 aliphatic rings. The van der Waals surface area contributed by atoms with Gasteiger partial charge < -0.3 is 0 Å². The van der Waals surface area contributed by atoms with Gasteiger partial charge >= 0.3 is 0 Å². The zero-order valence-electron chi connectivity index (χ0n) is 78.1. The summed E-state index contributed by atoms with van der Waals surface area (Å²) >= 11 is 0. The van der Waals surface area contributed by atoms with Crippen LogP contribution in [0.3, 0.4) is 0 Å². The van der Waals surface area contributed by atoms with E-state index in [-0.39, 0.29) is 16.7 Å². The Morgan fingerprint density at radius 2 is 0.636 bits per heavy atom. The lowest BCUT2D eigenvalue weighted by Gasteiger charge is -2.14. The standard InChI is InChI=1S/2C19H26N.C18H24N.C17H22N/c1-12(2)17-8-15(5)18(9-14(17)4)19-10-13(3)16(6)11-20(19)7;1-12(2)17-10-18(15(5)8-14(17)4)19-9-13(3)16(6)11-20(19)7;1-12(2)16-7-8-19(6)18(11-16)17-10-14(4)13(3)9-15(17)5;1-11-7-14(4)16(8-12(11)2)17-9-13(3)15(5)10-18(17)6/h2*8-12H,1-7H3;7-12H,1-6H3;7-10H,1-6H3/q4*+1/i1D3,6D3,12D;1D3,4D3,6D3,12D;1D3,3D3,12D;1D3,5D3. The van der Waals surface area contributed by atoms with E-state index in [2.05, 4.69) is 0 Å². The van der Waals surface area contributed by atoms with Gasteiger partial charge in [0.25, 0.3) is 0 Å². The quantitative estimate of drug-likeness (QED) is 0.141. The summed E-state index contributed by atoms with van der Waals surface area (Å²) in [5, 5.41) is 0. The molecule has 406 valence electrons. The molecule has 0 saturated carbocycles. The third-order valence-electron chi connectivity index (χ3n) is 14.0. The van der Waals surface area contributed by atoms with E-state index in [4.69, 9.17) is 41.1 Å². The lowest BCUT2D eigenvalue weighted by atomic mass is 9.91. The van der Waals surface area contributed by atoms with Gasteiger partial charge in [-0.15, -0.1) is 0 Å². The van der Waals surface area contributed by atoms with Crippen LogP contribution in [0.5, 0.6) is 0 Å². The number of aromatic nitrogens is 4. The topological polar surface area (TPSA) is 15.5 Å². The zero-order chi connectivity index (χ0) is 82.9. The van der Waals surface area contributed by atoms with Crippen molar-refractivity contribution in [2.24, 2.45) is 28.2 Å². The minimum atomic E-state index is -2.75. The van der Waals surface area contributed by atoms with Gasteiger partial charge in [-0.3, -0.25) is 0 Å². The van der Waals surface area contributed by atoms with Crippen molar-refractivity contribution in [3.05, 3.63) is 209 Å². The Balaban J connectivity index is 0.000000257. The van der Waals surface area contributed by atoms with Crippen molar-refractivity contribution in [3.63, 3.8) is 0 Å². The maximum absolute atomic E-state index is 8.49. The number of hydrogen-bond acceptors (Lipinski definition) is 0. The fraction of sp³-hybridized carbons (Fsp3) is 0.397. The molecule has 0 saturated heterocycles.